The van der Waals surface area contributed by atoms with Crippen LogP contribution in [0.5, 0.6) is 0 Å². The molecule has 1 fully saturated rings. The number of aromatic nitrogens is 2. The normalized spacial score (nSPS) is 20.9. The van der Waals surface area contributed by atoms with E-state index in [0.29, 0.717) is 6.42 Å². The Labute approximate surface area is 118 Å². The van der Waals surface area contributed by atoms with E-state index in [0.717, 1.165) is 28.7 Å². The molecule has 1 aliphatic carbocycles. The molecular formula is C14H23BrN2O. The van der Waals surface area contributed by atoms with Gasteiger partial charge in [-0.3, -0.25) is 4.68 Å². The first-order valence-electron chi connectivity index (χ1n) is 6.80. The minimum absolute atomic E-state index is 0.0792. The van der Waals surface area contributed by atoms with Gasteiger partial charge in [-0.15, -0.1) is 0 Å². The highest BCUT2D eigenvalue weighted by molar-refractivity contribution is 9.10. The largest absolute Gasteiger partial charge is 0.392 e. The van der Waals surface area contributed by atoms with Gasteiger partial charge in [0.1, 0.15) is 0 Å². The average Bonchev–Trinajstić information content (AvgIpc) is 2.57. The number of aliphatic hydroxyl groups is 1. The smallest absolute Gasteiger partial charge is 0.0738 e. The molecule has 1 aromatic heterocycles. The van der Waals surface area contributed by atoms with Crippen LogP contribution in [0, 0.1) is 12.3 Å². The predicted molar refractivity (Wildman–Crippen MR) is 76.5 cm³/mol. The lowest BCUT2D eigenvalue weighted by atomic mass is 9.71. The van der Waals surface area contributed by atoms with Crippen LogP contribution in [0.15, 0.2) is 4.47 Å². The molecule has 1 unspecified atom stereocenters. The quantitative estimate of drug-likeness (QED) is 0.929. The monoisotopic (exact) mass is 314 g/mol. The average molecular weight is 315 g/mol. The summed E-state index contributed by atoms with van der Waals surface area (Å²) in [5.41, 5.74) is 2.18. The molecule has 2 rings (SSSR count). The Morgan fingerprint density at radius 2 is 2.00 bits per heavy atom. The molecule has 1 heterocycles. The number of rotatable bonds is 3. The fraction of sp³-hybridized carbons (Fsp3) is 0.786. The Bertz CT molecular complexity index is 422. The standard InChI is InChI=1S/C14H23BrN2O/c1-10-13(15)11(17(3)16-10)9-12(18)14(2)7-5-4-6-8-14/h12,18H,4-9H2,1-3H3. The molecule has 1 aliphatic rings. The molecule has 1 saturated carbocycles. The van der Waals surface area contributed by atoms with Crippen molar-refractivity contribution in [1.82, 2.24) is 9.78 Å². The Morgan fingerprint density at radius 1 is 1.39 bits per heavy atom. The summed E-state index contributed by atoms with van der Waals surface area (Å²) in [6.07, 6.45) is 6.51. The van der Waals surface area contributed by atoms with E-state index in [2.05, 4.69) is 28.0 Å². The van der Waals surface area contributed by atoms with Gasteiger partial charge < -0.3 is 5.11 Å². The van der Waals surface area contributed by atoms with Gasteiger partial charge in [-0.05, 0) is 41.1 Å². The van der Waals surface area contributed by atoms with E-state index < -0.39 is 0 Å². The van der Waals surface area contributed by atoms with Crippen LogP contribution in [0.25, 0.3) is 0 Å². The van der Waals surface area contributed by atoms with Crippen LogP contribution in [0.4, 0.5) is 0 Å². The van der Waals surface area contributed by atoms with Crippen LogP contribution in [-0.2, 0) is 13.5 Å². The minimum atomic E-state index is -0.274. The highest BCUT2D eigenvalue weighted by Crippen LogP contribution is 2.40. The molecule has 102 valence electrons. The lowest BCUT2D eigenvalue weighted by Crippen LogP contribution is -2.36. The second kappa shape index (κ2) is 5.33. The minimum Gasteiger partial charge on any atom is -0.392 e. The SMILES string of the molecule is Cc1nn(C)c(CC(O)C2(C)CCCCC2)c1Br. The molecule has 18 heavy (non-hydrogen) atoms. The van der Waals surface area contributed by atoms with Crippen molar-refractivity contribution in [2.24, 2.45) is 12.5 Å². The lowest BCUT2D eigenvalue weighted by Gasteiger charge is -2.38. The van der Waals surface area contributed by atoms with E-state index in [4.69, 9.17) is 0 Å². The maximum atomic E-state index is 10.6. The highest BCUT2D eigenvalue weighted by atomic mass is 79.9. The molecule has 0 spiro atoms. The van der Waals surface area contributed by atoms with Crippen LogP contribution < -0.4 is 0 Å². The molecule has 0 saturated heterocycles. The first kappa shape index (κ1) is 14.1. The highest BCUT2D eigenvalue weighted by Gasteiger charge is 2.35. The second-order valence-electron chi connectivity index (χ2n) is 5.90. The van der Waals surface area contributed by atoms with Gasteiger partial charge in [-0.1, -0.05) is 26.2 Å². The van der Waals surface area contributed by atoms with Crippen molar-refractivity contribution >= 4 is 15.9 Å². The van der Waals surface area contributed by atoms with E-state index in [9.17, 15) is 5.11 Å². The zero-order valence-electron chi connectivity index (χ0n) is 11.5. The molecular weight excluding hydrogens is 292 g/mol. The number of nitrogens with zero attached hydrogens (tertiary/aromatic N) is 2. The van der Waals surface area contributed by atoms with E-state index in [-0.39, 0.29) is 11.5 Å². The molecule has 0 aliphatic heterocycles. The Kier molecular flexibility index (Phi) is 4.17. The van der Waals surface area contributed by atoms with Crippen molar-refractivity contribution in [3.8, 4) is 0 Å². The fourth-order valence-electron chi connectivity index (χ4n) is 3.02. The van der Waals surface area contributed by atoms with E-state index in [1.807, 2.05) is 18.7 Å². The van der Waals surface area contributed by atoms with Crippen molar-refractivity contribution in [2.45, 2.75) is 58.5 Å². The third-order valence-corrected chi connectivity index (χ3v) is 5.48. The summed E-state index contributed by atoms with van der Waals surface area (Å²) in [6, 6.07) is 0. The van der Waals surface area contributed by atoms with Crippen LogP contribution in [-0.4, -0.2) is 21.0 Å². The van der Waals surface area contributed by atoms with E-state index >= 15 is 0 Å². The molecule has 1 atom stereocenters. The lowest BCUT2D eigenvalue weighted by molar-refractivity contribution is 0.00913. The van der Waals surface area contributed by atoms with Gasteiger partial charge in [0.25, 0.3) is 0 Å². The maximum Gasteiger partial charge on any atom is 0.0738 e. The third kappa shape index (κ3) is 2.64. The third-order valence-electron chi connectivity index (χ3n) is 4.45. The molecule has 0 radical (unpaired) electrons. The summed E-state index contributed by atoms with van der Waals surface area (Å²) >= 11 is 3.58. The van der Waals surface area contributed by atoms with E-state index in [1.54, 1.807) is 0 Å². The molecule has 1 aromatic rings. The van der Waals surface area contributed by atoms with Crippen molar-refractivity contribution in [1.29, 1.82) is 0 Å². The predicted octanol–water partition coefficient (Wildman–Crippen LogP) is 3.36. The summed E-state index contributed by atoms with van der Waals surface area (Å²) in [6.45, 7) is 4.22. The molecule has 0 aromatic carbocycles. The second-order valence-corrected chi connectivity index (χ2v) is 6.70. The van der Waals surface area contributed by atoms with Crippen LogP contribution in [0.3, 0.4) is 0 Å². The van der Waals surface area contributed by atoms with Gasteiger partial charge in [-0.2, -0.15) is 5.10 Å². The molecule has 3 nitrogen and oxygen atoms in total. The topological polar surface area (TPSA) is 38.0 Å². The fourth-order valence-corrected chi connectivity index (χ4v) is 3.52. The van der Waals surface area contributed by atoms with Crippen molar-refractivity contribution in [3.05, 3.63) is 15.9 Å². The van der Waals surface area contributed by atoms with Gasteiger partial charge in [0, 0.05) is 13.5 Å². The van der Waals surface area contributed by atoms with Crippen molar-refractivity contribution in [2.75, 3.05) is 0 Å². The molecule has 0 bridgehead atoms. The maximum absolute atomic E-state index is 10.6. The summed E-state index contributed by atoms with van der Waals surface area (Å²) in [4.78, 5) is 0. The van der Waals surface area contributed by atoms with Gasteiger partial charge in [0.05, 0.1) is 22.0 Å². The van der Waals surface area contributed by atoms with Crippen LogP contribution in [0.1, 0.15) is 50.4 Å². The first-order valence-corrected chi connectivity index (χ1v) is 7.59. The molecule has 4 heteroatoms. The summed E-state index contributed by atoms with van der Waals surface area (Å²) in [7, 11) is 1.95. The first-order chi connectivity index (χ1) is 8.44. The summed E-state index contributed by atoms with van der Waals surface area (Å²) in [5.74, 6) is 0. The Morgan fingerprint density at radius 3 is 2.50 bits per heavy atom. The number of halogens is 1. The van der Waals surface area contributed by atoms with Gasteiger partial charge in [0.15, 0.2) is 0 Å². The van der Waals surface area contributed by atoms with Crippen LogP contribution >= 0.6 is 15.9 Å². The molecule has 0 amide bonds. The number of aryl methyl sites for hydroxylation is 2. The number of hydrogen-bond donors (Lipinski definition) is 1. The zero-order chi connectivity index (χ0) is 13.3. The summed E-state index contributed by atoms with van der Waals surface area (Å²) in [5, 5.41) is 15.0. The Hall–Kier alpha value is -0.350. The number of hydrogen-bond acceptors (Lipinski definition) is 2. The molecule has 1 N–H and O–H groups in total. The zero-order valence-corrected chi connectivity index (χ0v) is 13.1. The van der Waals surface area contributed by atoms with Gasteiger partial charge in [0.2, 0.25) is 0 Å². The van der Waals surface area contributed by atoms with Crippen molar-refractivity contribution in [3.63, 3.8) is 0 Å². The van der Waals surface area contributed by atoms with E-state index in [1.165, 1.54) is 19.3 Å². The van der Waals surface area contributed by atoms with Gasteiger partial charge in [-0.25, -0.2) is 0 Å². The Balaban J connectivity index is 2.13. The summed E-state index contributed by atoms with van der Waals surface area (Å²) < 4.78 is 2.93. The van der Waals surface area contributed by atoms with Gasteiger partial charge >= 0.3 is 0 Å². The van der Waals surface area contributed by atoms with Crippen LogP contribution in [0.2, 0.25) is 0 Å². The van der Waals surface area contributed by atoms with Crippen molar-refractivity contribution < 1.29 is 5.11 Å². The number of aliphatic hydroxyl groups excluding tert-OH is 1.